The second-order valence-corrected chi connectivity index (χ2v) is 7.92. The topological polar surface area (TPSA) is 103 Å². The number of carbonyl (C=O) groups is 1. The number of nitriles is 1. The summed E-state index contributed by atoms with van der Waals surface area (Å²) >= 11 is 0. The maximum atomic E-state index is 12.0. The van der Waals surface area contributed by atoms with Crippen molar-refractivity contribution in [2.45, 2.75) is 43.6 Å². The molecule has 3 N–H and O–H groups in total. The van der Waals surface area contributed by atoms with E-state index in [4.69, 9.17) is 5.73 Å². The molecule has 0 radical (unpaired) electrons. The van der Waals surface area contributed by atoms with Gasteiger partial charge in [0, 0.05) is 30.0 Å². The lowest BCUT2D eigenvalue weighted by Gasteiger charge is -2.35. The summed E-state index contributed by atoms with van der Waals surface area (Å²) in [6.07, 6.45) is 11.3. The molecule has 0 amide bonds. The van der Waals surface area contributed by atoms with E-state index in [1.807, 2.05) is 47.5 Å². The van der Waals surface area contributed by atoms with E-state index in [0.717, 1.165) is 42.5 Å². The lowest BCUT2D eigenvalue weighted by molar-refractivity contribution is -0.133. The summed E-state index contributed by atoms with van der Waals surface area (Å²) < 4.78 is 0. The summed E-state index contributed by atoms with van der Waals surface area (Å²) in [4.78, 5) is 18.0. The van der Waals surface area contributed by atoms with Crippen molar-refractivity contribution in [1.82, 2.24) is 4.98 Å². The average molecular weight is 400 g/mol. The van der Waals surface area contributed by atoms with Crippen LogP contribution in [0, 0.1) is 11.3 Å². The Balaban J connectivity index is 1.68. The Morgan fingerprint density at radius 1 is 1.20 bits per heavy atom. The number of allylic oxidation sites excluding steroid dienone is 1. The van der Waals surface area contributed by atoms with Gasteiger partial charge >= 0.3 is 5.97 Å². The second kappa shape index (κ2) is 8.03. The number of aromatic nitrogens is 1. The number of rotatable bonds is 5. The van der Waals surface area contributed by atoms with E-state index in [0.29, 0.717) is 6.42 Å². The SMILES string of the molecule is N#CC1(c2ccc(N3C=CC(N)=C(C(=O)O)C3Cc3ccncc3)cc2)CCCC1. The molecule has 1 aliphatic carbocycles. The van der Waals surface area contributed by atoms with Crippen LogP contribution in [0.25, 0.3) is 0 Å². The van der Waals surface area contributed by atoms with Gasteiger partial charge in [-0.3, -0.25) is 4.98 Å². The number of pyridine rings is 1. The number of aliphatic carboxylic acids is 1. The first-order valence-electron chi connectivity index (χ1n) is 10.1. The van der Waals surface area contributed by atoms with Gasteiger partial charge in [0.25, 0.3) is 0 Å². The molecule has 1 unspecified atom stereocenters. The normalized spacial score (nSPS) is 20.2. The molecule has 4 rings (SSSR count). The van der Waals surface area contributed by atoms with Crippen LogP contribution in [0.5, 0.6) is 0 Å². The highest BCUT2D eigenvalue weighted by Crippen LogP contribution is 2.41. The van der Waals surface area contributed by atoms with Crippen LogP contribution in [0.1, 0.15) is 36.8 Å². The molecule has 2 aromatic rings. The largest absolute Gasteiger partial charge is 0.478 e. The summed E-state index contributed by atoms with van der Waals surface area (Å²) in [5.74, 6) is -1.02. The van der Waals surface area contributed by atoms with Gasteiger partial charge in [-0.1, -0.05) is 25.0 Å². The molecule has 1 aromatic carbocycles. The molecule has 1 saturated carbocycles. The Morgan fingerprint density at radius 3 is 2.47 bits per heavy atom. The lowest BCUT2D eigenvalue weighted by Crippen LogP contribution is -2.40. The van der Waals surface area contributed by atoms with E-state index in [-0.39, 0.29) is 11.3 Å². The van der Waals surface area contributed by atoms with Gasteiger partial charge in [0.1, 0.15) is 0 Å². The zero-order valence-corrected chi connectivity index (χ0v) is 16.7. The molecular weight excluding hydrogens is 376 g/mol. The highest BCUT2D eigenvalue weighted by Gasteiger charge is 2.36. The van der Waals surface area contributed by atoms with Gasteiger partial charge in [0.15, 0.2) is 0 Å². The van der Waals surface area contributed by atoms with Gasteiger partial charge in [0.05, 0.1) is 23.1 Å². The van der Waals surface area contributed by atoms with Crippen molar-refractivity contribution in [1.29, 1.82) is 5.26 Å². The zero-order valence-electron chi connectivity index (χ0n) is 16.7. The molecule has 1 aromatic heterocycles. The number of hydrogen-bond donors (Lipinski definition) is 2. The molecule has 1 atom stereocenters. The maximum absolute atomic E-state index is 12.0. The quantitative estimate of drug-likeness (QED) is 0.794. The first kappa shape index (κ1) is 19.7. The van der Waals surface area contributed by atoms with Crippen molar-refractivity contribution < 1.29 is 9.90 Å². The summed E-state index contributed by atoms with van der Waals surface area (Å²) in [5, 5.41) is 19.6. The van der Waals surface area contributed by atoms with Crippen molar-refractivity contribution in [2.75, 3.05) is 4.90 Å². The minimum Gasteiger partial charge on any atom is -0.478 e. The average Bonchev–Trinajstić information content (AvgIpc) is 3.25. The van der Waals surface area contributed by atoms with Crippen LogP contribution in [-0.2, 0) is 16.6 Å². The van der Waals surface area contributed by atoms with Crippen molar-refractivity contribution in [3.63, 3.8) is 0 Å². The minimum absolute atomic E-state index is 0.183. The van der Waals surface area contributed by atoms with E-state index >= 15 is 0 Å². The predicted octanol–water partition coefficient (Wildman–Crippen LogP) is 3.66. The zero-order chi connectivity index (χ0) is 21.1. The van der Waals surface area contributed by atoms with Crippen LogP contribution in [0.3, 0.4) is 0 Å². The van der Waals surface area contributed by atoms with Crippen LogP contribution in [0.4, 0.5) is 5.69 Å². The Kier molecular flexibility index (Phi) is 5.28. The first-order valence-corrected chi connectivity index (χ1v) is 10.1. The first-order chi connectivity index (χ1) is 14.5. The van der Waals surface area contributed by atoms with Crippen LogP contribution >= 0.6 is 0 Å². The predicted molar refractivity (Wildman–Crippen MR) is 114 cm³/mol. The fourth-order valence-corrected chi connectivity index (χ4v) is 4.56. The van der Waals surface area contributed by atoms with Crippen molar-refractivity contribution in [2.24, 2.45) is 5.73 Å². The molecule has 0 saturated heterocycles. The molecule has 6 heteroatoms. The minimum atomic E-state index is -1.02. The van der Waals surface area contributed by atoms with Crippen LogP contribution in [-0.4, -0.2) is 22.1 Å². The number of hydrogen-bond acceptors (Lipinski definition) is 5. The van der Waals surface area contributed by atoms with Gasteiger partial charge in [-0.05, 0) is 60.7 Å². The van der Waals surface area contributed by atoms with Gasteiger partial charge in [-0.2, -0.15) is 5.26 Å². The van der Waals surface area contributed by atoms with Crippen molar-refractivity contribution in [3.8, 4) is 6.07 Å². The molecule has 30 heavy (non-hydrogen) atoms. The standard InChI is InChI=1S/C24H24N4O2/c25-16-24(10-1-2-11-24)18-3-5-19(6-4-18)28-14-9-20(26)22(23(29)30)21(28)15-17-7-12-27-13-8-17/h3-9,12-14,21H,1-2,10-11,15,26H2,(H,29,30). The Morgan fingerprint density at radius 2 is 1.87 bits per heavy atom. The smallest absolute Gasteiger partial charge is 0.335 e. The number of nitrogens with zero attached hydrogens (tertiary/aromatic N) is 3. The molecule has 1 fully saturated rings. The van der Waals surface area contributed by atoms with Crippen LogP contribution in [0.15, 0.2) is 72.3 Å². The van der Waals surface area contributed by atoms with E-state index in [9.17, 15) is 15.2 Å². The third kappa shape index (κ3) is 3.55. The Hall–Kier alpha value is -3.59. The number of nitrogens with two attached hydrogens (primary N) is 1. The maximum Gasteiger partial charge on any atom is 0.335 e. The molecule has 2 heterocycles. The fraction of sp³-hybridized carbons (Fsp3) is 0.292. The van der Waals surface area contributed by atoms with Gasteiger partial charge in [-0.25, -0.2) is 4.79 Å². The Labute approximate surface area is 176 Å². The van der Waals surface area contributed by atoms with Crippen molar-refractivity contribution >= 4 is 11.7 Å². The van der Waals surface area contributed by atoms with Gasteiger partial charge in [-0.15, -0.1) is 0 Å². The van der Waals surface area contributed by atoms with E-state index in [1.54, 1.807) is 18.5 Å². The summed E-state index contributed by atoms with van der Waals surface area (Å²) in [7, 11) is 0. The van der Waals surface area contributed by atoms with Crippen LogP contribution < -0.4 is 10.6 Å². The summed E-state index contributed by atoms with van der Waals surface area (Å²) in [6.45, 7) is 0. The monoisotopic (exact) mass is 400 g/mol. The highest BCUT2D eigenvalue weighted by atomic mass is 16.4. The summed E-state index contributed by atoms with van der Waals surface area (Å²) in [6, 6.07) is 13.8. The summed E-state index contributed by atoms with van der Waals surface area (Å²) in [5.41, 5.74) is 8.97. The number of benzene rings is 1. The van der Waals surface area contributed by atoms with E-state index < -0.39 is 17.4 Å². The molecule has 1 aliphatic heterocycles. The van der Waals surface area contributed by atoms with Crippen LogP contribution in [0.2, 0.25) is 0 Å². The number of anilines is 1. The molecular formula is C24H24N4O2. The molecule has 0 bridgehead atoms. The third-order valence-electron chi connectivity index (χ3n) is 6.19. The highest BCUT2D eigenvalue weighted by molar-refractivity contribution is 5.91. The second-order valence-electron chi connectivity index (χ2n) is 7.92. The number of carboxylic acids is 1. The lowest BCUT2D eigenvalue weighted by atomic mass is 9.80. The van der Waals surface area contributed by atoms with E-state index in [1.165, 1.54) is 0 Å². The molecule has 152 valence electrons. The van der Waals surface area contributed by atoms with Gasteiger partial charge in [0.2, 0.25) is 0 Å². The fourth-order valence-electron chi connectivity index (χ4n) is 4.56. The molecule has 2 aliphatic rings. The molecule has 0 spiro atoms. The van der Waals surface area contributed by atoms with Gasteiger partial charge < -0.3 is 15.7 Å². The third-order valence-corrected chi connectivity index (χ3v) is 6.19. The number of carboxylic acid groups (broad SMARTS) is 1. The van der Waals surface area contributed by atoms with Crippen molar-refractivity contribution in [3.05, 3.63) is 83.5 Å². The Bertz CT molecular complexity index is 1030. The van der Waals surface area contributed by atoms with E-state index in [2.05, 4.69) is 11.1 Å². The molecule has 6 nitrogen and oxygen atoms in total.